The SMILES string of the molecule is COc1ccc(C(=O)N(C)C(C)C)cc1N=Nc1c(O)c(C(=O)Nc2cccc([N+](=O)[O-])c2)cc2ccccc12. The molecule has 40 heavy (non-hydrogen) atoms. The molecule has 11 nitrogen and oxygen atoms in total. The molecule has 0 heterocycles. The fourth-order valence-corrected chi connectivity index (χ4v) is 3.93. The number of nitrogens with zero attached hydrogens (tertiary/aromatic N) is 4. The molecule has 0 fully saturated rings. The van der Waals surface area contributed by atoms with E-state index in [-0.39, 0.29) is 40.3 Å². The topological polar surface area (TPSA) is 147 Å². The number of methoxy groups -OCH3 is 1. The molecule has 0 aliphatic rings. The second-order valence-electron chi connectivity index (χ2n) is 9.20. The monoisotopic (exact) mass is 541 g/mol. The van der Waals surface area contributed by atoms with Crippen LogP contribution in [0.1, 0.15) is 34.6 Å². The van der Waals surface area contributed by atoms with Crippen LogP contribution in [0.4, 0.5) is 22.7 Å². The Bertz CT molecular complexity index is 1650. The largest absolute Gasteiger partial charge is 0.505 e. The quantitative estimate of drug-likeness (QED) is 0.146. The first-order chi connectivity index (χ1) is 19.1. The van der Waals surface area contributed by atoms with Crippen molar-refractivity contribution in [3.8, 4) is 11.5 Å². The number of rotatable bonds is 8. The predicted molar refractivity (Wildman–Crippen MR) is 151 cm³/mol. The Morgan fingerprint density at radius 3 is 2.48 bits per heavy atom. The number of carbonyl (C=O) groups is 2. The van der Waals surface area contributed by atoms with Gasteiger partial charge in [0, 0.05) is 41.9 Å². The molecule has 0 aliphatic carbocycles. The minimum atomic E-state index is -0.693. The van der Waals surface area contributed by atoms with Gasteiger partial charge >= 0.3 is 0 Å². The third-order valence-electron chi connectivity index (χ3n) is 6.33. The average Bonchev–Trinajstić information content (AvgIpc) is 2.95. The third kappa shape index (κ3) is 5.73. The van der Waals surface area contributed by atoms with E-state index >= 15 is 0 Å². The van der Waals surface area contributed by atoms with Crippen LogP contribution in [0.5, 0.6) is 11.5 Å². The number of benzene rings is 4. The number of nitrogens with one attached hydrogen (secondary N) is 1. The molecule has 0 atom stereocenters. The number of hydrogen-bond donors (Lipinski definition) is 2. The van der Waals surface area contributed by atoms with Crippen LogP contribution in [-0.2, 0) is 0 Å². The lowest BCUT2D eigenvalue weighted by molar-refractivity contribution is -0.384. The van der Waals surface area contributed by atoms with Crippen molar-refractivity contribution in [2.45, 2.75) is 19.9 Å². The van der Waals surface area contributed by atoms with Gasteiger partial charge in [0.15, 0.2) is 5.75 Å². The molecule has 0 spiro atoms. The molecule has 0 unspecified atom stereocenters. The number of carbonyl (C=O) groups excluding carboxylic acids is 2. The molecule has 0 aromatic heterocycles. The van der Waals surface area contributed by atoms with Crippen molar-refractivity contribution < 1.29 is 24.4 Å². The Kier molecular flexibility index (Phi) is 8.04. The normalized spacial score (nSPS) is 11.1. The highest BCUT2D eigenvalue weighted by atomic mass is 16.6. The van der Waals surface area contributed by atoms with Gasteiger partial charge in [0.2, 0.25) is 0 Å². The minimum Gasteiger partial charge on any atom is -0.505 e. The molecule has 0 radical (unpaired) electrons. The van der Waals surface area contributed by atoms with E-state index in [2.05, 4.69) is 15.5 Å². The molecule has 0 saturated heterocycles. The Labute approximate surface area is 229 Å². The van der Waals surface area contributed by atoms with Crippen LogP contribution in [-0.4, -0.2) is 46.9 Å². The minimum absolute atomic E-state index is 0.0149. The fourth-order valence-electron chi connectivity index (χ4n) is 3.93. The van der Waals surface area contributed by atoms with Crippen molar-refractivity contribution in [1.29, 1.82) is 0 Å². The fraction of sp³-hybridized carbons (Fsp3) is 0.172. The number of fused-ring (bicyclic) bond motifs is 1. The average molecular weight is 542 g/mol. The maximum absolute atomic E-state index is 13.1. The molecule has 4 aromatic carbocycles. The second-order valence-corrected chi connectivity index (χ2v) is 9.20. The molecule has 2 amide bonds. The third-order valence-corrected chi connectivity index (χ3v) is 6.33. The molecule has 0 bridgehead atoms. The van der Waals surface area contributed by atoms with Gasteiger partial charge < -0.3 is 20.1 Å². The van der Waals surface area contributed by atoms with Gasteiger partial charge in [0.1, 0.15) is 17.1 Å². The molecule has 4 rings (SSSR count). The van der Waals surface area contributed by atoms with Gasteiger partial charge in [-0.2, -0.15) is 0 Å². The van der Waals surface area contributed by atoms with Gasteiger partial charge in [-0.15, -0.1) is 10.2 Å². The summed E-state index contributed by atoms with van der Waals surface area (Å²) in [4.78, 5) is 38.1. The number of phenolic OH excluding ortho intramolecular Hbond substituents is 1. The van der Waals surface area contributed by atoms with Crippen LogP contribution in [0, 0.1) is 10.1 Å². The first-order valence-electron chi connectivity index (χ1n) is 12.3. The number of aromatic hydroxyl groups is 1. The molecule has 0 aliphatic heterocycles. The first kappa shape index (κ1) is 27.7. The summed E-state index contributed by atoms with van der Waals surface area (Å²) >= 11 is 0. The van der Waals surface area contributed by atoms with E-state index < -0.39 is 16.6 Å². The Morgan fingerprint density at radius 1 is 1.02 bits per heavy atom. The van der Waals surface area contributed by atoms with Crippen LogP contribution >= 0.6 is 0 Å². The zero-order valence-corrected chi connectivity index (χ0v) is 22.3. The number of nitro groups is 1. The highest BCUT2D eigenvalue weighted by Gasteiger charge is 2.20. The molecule has 4 aromatic rings. The summed E-state index contributed by atoms with van der Waals surface area (Å²) in [5.41, 5.74) is 0.552. The number of non-ortho nitro benzene ring substituents is 1. The highest BCUT2D eigenvalue weighted by molar-refractivity contribution is 6.11. The summed E-state index contributed by atoms with van der Waals surface area (Å²) in [5, 5.41) is 34.5. The molecule has 2 N–H and O–H groups in total. The highest BCUT2D eigenvalue weighted by Crippen LogP contribution is 2.40. The van der Waals surface area contributed by atoms with Crippen molar-refractivity contribution in [3.63, 3.8) is 0 Å². The van der Waals surface area contributed by atoms with E-state index in [0.29, 0.717) is 22.1 Å². The van der Waals surface area contributed by atoms with Gasteiger partial charge in [0.25, 0.3) is 17.5 Å². The summed E-state index contributed by atoms with van der Waals surface area (Å²) in [6.45, 7) is 3.80. The van der Waals surface area contributed by atoms with Crippen molar-refractivity contribution in [3.05, 3.63) is 94.0 Å². The molecular weight excluding hydrogens is 514 g/mol. The van der Waals surface area contributed by atoms with Crippen molar-refractivity contribution in [1.82, 2.24) is 4.90 Å². The van der Waals surface area contributed by atoms with E-state index in [1.54, 1.807) is 54.4 Å². The molecular formula is C29H27N5O6. The number of anilines is 1. The Balaban J connectivity index is 1.76. The Hall–Kier alpha value is -5.32. The van der Waals surface area contributed by atoms with Gasteiger partial charge in [-0.25, -0.2) is 0 Å². The predicted octanol–water partition coefficient (Wildman–Crippen LogP) is 6.61. The number of azo groups is 1. The number of amides is 2. The molecule has 0 saturated carbocycles. The van der Waals surface area contributed by atoms with Gasteiger partial charge in [-0.1, -0.05) is 30.3 Å². The van der Waals surface area contributed by atoms with Gasteiger partial charge in [-0.3, -0.25) is 19.7 Å². The zero-order chi connectivity index (χ0) is 29.0. The second kappa shape index (κ2) is 11.6. The van der Waals surface area contributed by atoms with Gasteiger partial charge in [0.05, 0.1) is 17.6 Å². The maximum atomic E-state index is 13.1. The van der Waals surface area contributed by atoms with Crippen molar-refractivity contribution >= 4 is 45.3 Å². The van der Waals surface area contributed by atoms with E-state index in [1.807, 2.05) is 13.8 Å². The van der Waals surface area contributed by atoms with Crippen LogP contribution < -0.4 is 10.1 Å². The summed E-state index contributed by atoms with van der Waals surface area (Å²) in [5.74, 6) is -0.976. The number of ether oxygens (including phenoxy) is 1. The van der Waals surface area contributed by atoms with E-state index in [0.717, 1.165) is 0 Å². The van der Waals surface area contributed by atoms with Crippen LogP contribution in [0.25, 0.3) is 10.8 Å². The summed E-state index contributed by atoms with van der Waals surface area (Å²) in [7, 11) is 3.16. The maximum Gasteiger partial charge on any atom is 0.271 e. The van der Waals surface area contributed by atoms with Crippen molar-refractivity contribution in [2.75, 3.05) is 19.5 Å². The number of hydrogen-bond acceptors (Lipinski definition) is 8. The lowest BCUT2D eigenvalue weighted by Gasteiger charge is -2.21. The number of nitro benzene ring substituents is 1. The van der Waals surface area contributed by atoms with E-state index in [4.69, 9.17) is 4.74 Å². The molecule has 11 heteroatoms. The summed E-state index contributed by atoms with van der Waals surface area (Å²) < 4.78 is 5.40. The summed E-state index contributed by atoms with van der Waals surface area (Å²) in [6.07, 6.45) is 0. The lowest BCUT2D eigenvalue weighted by atomic mass is 10.0. The summed E-state index contributed by atoms with van der Waals surface area (Å²) in [6, 6.07) is 18.7. The van der Waals surface area contributed by atoms with E-state index in [1.165, 1.54) is 37.4 Å². The number of phenols is 1. The van der Waals surface area contributed by atoms with Crippen LogP contribution in [0.3, 0.4) is 0 Å². The van der Waals surface area contributed by atoms with Crippen LogP contribution in [0.15, 0.2) is 83.0 Å². The van der Waals surface area contributed by atoms with E-state index in [9.17, 15) is 24.8 Å². The lowest BCUT2D eigenvalue weighted by Crippen LogP contribution is -2.32. The van der Waals surface area contributed by atoms with Gasteiger partial charge in [-0.05, 0) is 49.6 Å². The van der Waals surface area contributed by atoms with Crippen LogP contribution in [0.2, 0.25) is 0 Å². The first-order valence-corrected chi connectivity index (χ1v) is 12.3. The zero-order valence-electron chi connectivity index (χ0n) is 22.3. The standard InChI is InChI=1S/C29H27N5O6/c1-17(2)33(3)29(37)19-12-13-25(40-4)24(15-19)31-32-26-22-11-6-5-8-18(22)14-23(27(26)35)28(36)30-20-9-7-10-21(16-20)34(38)39/h5-17,35H,1-4H3,(H,30,36). The molecule has 204 valence electrons. The Morgan fingerprint density at radius 2 is 1.77 bits per heavy atom. The van der Waals surface area contributed by atoms with Crippen molar-refractivity contribution in [2.24, 2.45) is 10.2 Å². The smallest absolute Gasteiger partial charge is 0.271 e.